The third kappa shape index (κ3) is 8.29. The van der Waals surface area contributed by atoms with Crippen LogP contribution in [0.2, 0.25) is 0 Å². The summed E-state index contributed by atoms with van der Waals surface area (Å²) in [6.45, 7) is 30.9. The van der Waals surface area contributed by atoms with Gasteiger partial charge in [0.2, 0.25) is 0 Å². The first kappa shape index (κ1) is 47.4. The van der Waals surface area contributed by atoms with E-state index in [1.807, 2.05) is 0 Å². The summed E-state index contributed by atoms with van der Waals surface area (Å²) in [6, 6.07) is 60.2. The van der Waals surface area contributed by atoms with E-state index in [1.54, 1.807) is 0 Å². The Morgan fingerprint density at radius 1 is 0.403 bits per heavy atom. The maximum Gasteiger partial charge on any atom is 0.252 e. The number of ether oxygens (including phenoxy) is 2. The van der Waals surface area contributed by atoms with Gasteiger partial charge in [0.15, 0.2) is 11.5 Å². The molecule has 3 aliphatic rings. The largest absolute Gasteiger partial charge is 0.486 e. The van der Waals surface area contributed by atoms with E-state index in [4.69, 9.17) is 9.47 Å². The number of aryl methyl sites for hydroxylation is 1. The van der Waals surface area contributed by atoms with E-state index in [-0.39, 0.29) is 28.4 Å². The molecule has 0 amide bonds. The molecule has 72 heavy (non-hydrogen) atoms. The molecular weight excluding hydrogens is 876 g/mol. The van der Waals surface area contributed by atoms with Gasteiger partial charge in [-0.05, 0) is 155 Å². The van der Waals surface area contributed by atoms with Crippen LogP contribution in [0, 0.1) is 6.92 Å². The summed E-state index contributed by atoms with van der Waals surface area (Å²) in [5.74, 6) is 1.54. The average molecular weight is 945 g/mol. The summed E-state index contributed by atoms with van der Waals surface area (Å²) < 4.78 is 13.2. The molecule has 3 heterocycles. The fourth-order valence-electron chi connectivity index (χ4n) is 11.2. The summed E-state index contributed by atoms with van der Waals surface area (Å²) >= 11 is 0. The van der Waals surface area contributed by atoms with Crippen LogP contribution < -0.4 is 35.7 Å². The van der Waals surface area contributed by atoms with Crippen molar-refractivity contribution in [3.05, 3.63) is 186 Å². The van der Waals surface area contributed by atoms with Crippen LogP contribution in [-0.2, 0) is 21.7 Å². The first-order valence-electron chi connectivity index (χ1n) is 26.0. The van der Waals surface area contributed by atoms with E-state index >= 15 is 0 Å². The van der Waals surface area contributed by atoms with Gasteiger partial charge < -0.3 is 19.3 Å². The first-order chi connectivity index (χ1) is 34.1. The Hall–Kier alpha value is -6.98. The minimum atomic E-state index is -0.0852. The number of hydrogen-bond donors (Lipinski definition) is 0. The molecule has 11 rings (SSSR count). The minimum Gasteiger partial charge on any atom is -0.486 e. The summed E-state index contributed by atoms with van der Waals surface area (Å²) in [5.41, 5.74) is 24.0. The second kappa shape index (κ2) is 17.1. The molecule has 0 saturated heterocycles. The van der Waals surface area contributed by atoms with Gasteiger partial charge in [-0.25, -0.2) is 0 Å². The van der Waals surface area contributed by atoms with Crippen molar-refractivity contribution in [2.75, 3.05) is 23.0 Å². The van der Waals surface area contributed by atoms with Crippen LogP contribution in [0.3, 0.4) is 0 Å². The van der Waals surface area contributed by atoms with Crippen molar-refractivity contribution in [1.82, 2.24) is 0 Å². The lowest BCUT2D eigenvalue weighted by atomic mass is 9.33. The van der Waals surface area contributed by atoms with Crippen molar-refractivity contribution in [2.24, 2.45) is 0 Å². The number of anilines is 6. The molecule has 0 bridgehead atoms. The van der Waals surface area contributed by atoms with E-state index in [0.717, 1.165) is 45.4 Å². The van der Waals surface area contributed by atoms with Crippen LogP contribution in [0.5, 0.6) is 11.5 Å². The summed E-state index contributed by atoms with van der Waals surface area (Å²) in [5, 5.41) is 0. The Morgan fingerprint density at radius 3 is 1.39 bits per heavy atom. The van der Waals surface area contributed by atoms with Gasteiger partial charge in [-0.3, -0.25) is 0 Å². The first-order valence-corrected chi connectivity index (χ1v) is 26.0. The maximum atomic E-state index is 6.79. The van der Waals surface area contributed by atoms with Crippen LogP contribution in [0.15, 0.2) is 158 Å². The molecular formula is C67H69BN2O2. The van der Waals surface area contributed by atoms with Crippen molar-refractivity contribution in [3.8, 4) is 44.9 Å². The van der Waals surface area contributed by atoms with Crippen LogP contribution in [-0.4, -0.2) is 19.9 Å². The van der Waals surface area contributed by atoms with Crippen molar-refractivity contribution < 1.29 is 9.47 Å². The average Bonchev–Trinajstić information content (AvgIpc) is 3.34. The van der Waals surface area contributed by atoms with E-state index in [1.165, 1.54) is 77.8 Å². The molecule has 0 aliphatic carbocycles. The Bertz CT molecular complexity index is 3320. The van der Waals surface area contributed by atoms with Crippen LogP contribution in [0.4, 0.5) is 34.1 Å². The van der Waals surface area contributed by atoms with E-state index in [2.05, 4.69) is 258 Å². The molecule has 3 aliphatic heterocycles. The highest BCUT2D eigenvalue weighted by atomic mass is 16.6. The molecule has 362 valence electrons. The van der Waals surface area contributed by atoms with Crippen molar-refractivity contribution in [1.29, 1.82) is 0 Å². The highest BCUT2D eigenvalue weighted by Gasteiger charge is 2.46. The van der Waals surface area contributed by atoms with Crippen molar-refractivity contribution >= 4 is 57.2 Å². The molecule has 0 aromatic heterocycles. The predicted molar refractivity (Wildman–Crippen MR) is 307 cm³/mol. The highest BCUT2D eigenvalue weighted by molar-refractivity contribution is 7.00. The van der Waals surface area contributed by atoms with Crippen molar-refractivity contribution in [2.45, 2.75) is 112 Å². The van der Waals surface area contributed by atoms with Gasteiger partial charge >= 0.3 is 0 Å². The number of nitrogens with zero attached hydrogens (tertiary/aromatic N) is 2. The Labute approximate surface area is 429 Å². The van der Waals surface area contributed by atoms with E-state index in [0.29, 0.717) is 13.2 Å². The summed E-state index contributed by atoms with van der Waals surface area (Å²) in [4.78, 5) is 5.10. The third-order valence-corrected chi connectivity index (χ3v) is 15.3. The van der Waals surface area contributed by atoms with Gasteiger partial charge in [0, 0.05) is 34.0 Å². The Balaban J connectivity index is 1.24. The predicted octanol–water partition coefficient (Wildman–Crippen LogP) is 16.0. The fraction of sp³-hybridized carbons (Fsp3) is 0.284. The molecule has 0 N–H and O–H groups in total. The molecule has 0 saturated carbocycles. The minimum absolute atomic E-state index is 0.0464. The maximum absolute atomic E-state index is 6.79. The van der Waals surface area contributed by atoms with E-state index in [9.17, 15) is 0 Å². The standard InChI is InChI=1S/C67H69BN2O2/c1-42-35-58-61-59(36-42)70(62-53(45-17-15-14-16-18-45)29-32-60-63(62)72-34-33-71-60)57-31-28-51(67(11,12)13)41-55(57)68(61)54-40-50(66(8,9)10)27-30-56(54)69(58)52-38-46(43-19-23-48(24-20-43)64(2,3)4)37-47(39-52)44-21-25-49(26-22-44)65(5,6)7/h14-32,35-41H,33-34H2,1-13H3. The zero-order valence-corrected chi connectivity index (χ0v) is 44.7. The van der Waals surface area contributed by atoms with Gasteiger partial charge in [0.05, 0.1) is 0 Å². The molecule has 8 aromatic rings. The summed E-state index contributed by atoms with van der Waals surface area (Å²) in [6.07, 6.45) is 0. The lowest BCUT2D eigenvalue weighted by Gasteiger charge is -2.46. The smallest absolute Gasteiger partial charge is 0.252 e. The van der Waals surface area contributed by atoms with E-state index < -0.39 is 0 Å². The molecule has 0 unspecified atom stereocenters. The number of rotatable bonds is 5. The third-order valence-electron chi connectivity index (χ3n) is 15.3. The number of benzene rings is 8. The molecule has 0 atom stereocenters. The lowest BCUT2D eigenvalue weighted by molar-refractivity contribution is 0.172. The normalized spacial score (nSPS) is 14.2. The number of fused-ring (bicyclic) bond motifs is 5. The molecule has 0 fully saturated rings. The van der Waals surface area contributed by atoms with Crippen LogP contribution >= 0.6 is 0 Å². The van der Waals surface area contributed by atoms with Gasteiger partial charge in [-0.15, -0.1) is 0 Å². The van der Waals surface area contributed by atoms with Crippen molar-refractivity contribution in [3.63, 3.8) is 0 Å². The molecule has 4 nitrogen and oxygen atoms in total. The summed E-state index contributed by atoms with van der Waals surface area (Å²) in [7, 11) is 0. The Morgan fingerprint density at radius 2 is 0.875 bits per heavy atom. The number of hydrogen-bond acceptors (Lipinski definition) is 4. The fourth-order valence-corrected chi connectivity index (χ4v) is 11.2. The second-order valence-electron chi connectivity index (χ2n) is 24.6. The lowest BCUT2D eigenvalue weighted by Crippen LogP contribution is -2.61. The molecule has 0 spiro atoms. The second-order valence-corrected chi connectivity index (χ2v) is 24.6. The zero-order chi connectivity index (χ0) is 50.6. The molecule has 0 radical (unpaired) electrons. The monoisotopic (exact) mass is 945 g/mol. The van der Waals surface area contributed by atoms with Gasteiger partial charge in [-0.1, -0.05) is 186 Å². The molecule has 5 heteroatoms. The SMILES string of the molecule is Cc1cc2c3c(c1)N(c1c(-c4ccccc4)ccc4c1OCCO4)c1ccc(C(C)(C)C)cc1B3c1cc(C(C)(C)C)ccc1N2c1cc(-c2ccc(C(C)(C)C)cc2)cc(-c2ccc(C(C)(C)C)cc2)c1. The quantitative estimate of drug-likeness (QED) is 0.161. The van der Waals surface area contributed by atoms with Gasteiger partial charge in [0.25, 0.3) is 6.71 Å². The van der Waals surface area contributed by atoms with Gasteiger partial charge in [0.1, 0.15) is 18.9 Å². The Kier molecular flexibility index (Phi) is 11.2. The molecule has 8 aromatic carbocycles. The topological polar surface area (TPSA) is 24.9 Å². The van der Waals surface area contributed by atoms with Gasteiger partial charge in [-0.2, -0.15) is 0 Å². The van der Waals surface area contributed by atoms with Crippen LogP contribution in [0.1, 0.15) is 111 Å². The zero-order valence-electron chi connectivity index (χ0n) is 44.7. The highest BCUT2D eigenvalue weighted by Crippen LogP contribution is 2.54. The van der Waals surface area contributed by atoms with Crippen LogP contribution in [0.25, 0.3) is 33.4 Å².